The monoisotopic (exact) mass is 414 g/mol. The van der Waals surface area contributed by atoms with Crippen molar-refractivity contribution in [1.82, 2.24) is 4.98 Å². The van der Waals surface area contributed by atoms with Gasteiger partial charge < -0.3 is 5.32 Å². The molecule has 5 heteroatoms. The number of amides is 1. The second kappa shape index (κ2) is 8.59. The molecule has 1 amide bonds. The Bertz CT molecular complexity index is 1240. The number of ketones is 1. The zero-order valence-corrected chi connectivity index (χ0v) is 17.8. The summed E-state index contributed by atoms with van der Waals surface area (Å²) in [7, 11) is 0. The van der Waals surface area contributed by atoms with E-state index in [1.807, 2.05) is 13.0 Å². The summed E-state index contributed by atoms with van der Waals surface area (Å²) in [4.78, 5) is 29.7. The van der Waals surface area contributed by atoms with Gasteiger partial charge in [0.05, 0.1) is 17.1 Å². The van der Waals surface area contributed by atoms with E-state index in [4.69, 9.17) is 4.98 Å². The number of carbonyl (C=O) groups is 2. The van der Waals surface area contributed by atoms with E-state index in [0.29, 0.717) is 11.3 Å². The second-order valence-corrected chi connectivity index (χ2v) is 8.46. The molecule has 3 aromatic carbocycles. The van der Waals surface area contributed by atoms with Gasteiger partial charge in [-0.05, 0) is 42.3 Å². The normalized spacial score (nSPS) is 10.9. The lowest BCUT2D eigenvalue weighted by Crippen LogP contribution is -2.14. The molecule has 0 radical (unpaired) electrons. The van der Waals surface area contributed by atoms with Crippen LogP contribution in [0.15, 0.2) is 66.7 Å². The van der Waals surface area contributed by atoms with Crippen LogP contribution in [0.2, 0.25) is 0 Å². The lowest BCUT2D eigenvalue weighted by molar-refractivity contribution is -0.115. The Kier molecular flexibility index (Phi) is 5.72. The van der Waals surface area contributed by atoms with Crippen LogP contribution in [-0.2, 0) is 17.6 Å². The second-order valence-electron chi connectivity index (χ2n) is 7.29. The molecule has 4 nitrogen and oxygen atoms in total. The first-order chi connectivity index (χ1) is 14.5. The maximum atomic E-state index is 12.5. The van der Waals surface area contributed by atoms with Gasteiger partial charge in [0.25, 0.3) is 0 Å². The molecule has 0 fully saturated rings. The van der Waals surface area contributed by atoms with E-state index in [9.17, 15) is 9.59 Å². The lowest BCUT2D eigenvalue weighted by atomic mass is 10.0. The van der Waals surface area contributed by atoms with Crippen molar-refractivity contribution in [2.75, 3.05) is 5.32 Å². The molecule has 0 aliphatic rings. The van der Waals surface area contributed by atoms with Gasteiger partial charge in [0.15, 0.2) is 5.78 Å². The number of Topliss-reactive ketones (excluding diaryl/α,β-unsaturated/α-hetero) is 1. The molecular weight excluding hydrogens is 392 g/mol. The highest BCUT2D eigenvalue weighted by Gasteiger charge is 2.14. The summed E-state index contributed by atoms with van der Waals surface area (Å²) in [6, 6.07) is 21.7. The first kappa shape index (κ1) is 20.0. The summed E-state index contributed by atoms with van der Waals surface area (Å²) in [6.45, 7) is 3.46. The fourth-order valence-corrected chi connectivity index (χ4v) is 4.60. The van der Waals surface area contributed by atoms with Crippen LogP contribution in [0.3, 0.4) is 0 Å². The summed E-state index contributed by atoms with van der Waals surface area (Å²) in [6.07, 6.45) is 1.01. The zero-order valence-electron chi connectivity index (χ0n) is 16.9. The smallest absolute Gasteiger partial charge is 0.229 e. The van der Waals surface area contributed by atoms with Gasteiger partial charge in [-0.2, -0.15) is 0 Å². The molecule has 0 aliphatic carbocycles. The van der Waals surface area contributed by atoms with Crippen molar-refractivity contribution in [3.05, 3.63) is 93.4 Å². The zero-order chi connectivity index (χ0) is 21.1. The minimum atomic E-state index is -0.112. The third-order valence-corrected chi connectivity index (χ3v) is 6.19. The van der Waals surface area contributed by atoms with Gasteiger partial charge in [-0.15, -0.1) is 11.3 Å². The molecule has 30 heavy (non-hydrogen) atoms. The number of nitrogens with one attached hydrogen (secondary N) is 1. The molecule has 0 spiro atoms. The van der Waals surface area contributed by atoms with Crippen molar-refractivity contribution in [2.24, 2.45) is 0 Å². The third kappa shape index (κ3) is 4.47. The fourth-order valence-electron chi connectivity index (χ4n) is 3.50. The molecule has 0 saturated carbocycles. The first-order valence-corrected chi connectivity index (χ1v) is 10.6. The standard InChI is InChI=1S/C25H22N2O2S/c1-16-23(15-24(29)27-21-11-6-9-19(13-21)17(2)28)30-25(26-16)14-20-10-5-8-18-7-3-4-12-22(18)20/h3-13H,14-15H2,1-2H3,(H,27,29). The number of hydrogen-bond donors (Lipinski definition) is 1. The summed E-state index contributed by atoms with van der Waals surface area (Å²) < 4.78 is 0. The molecule has 0 unspecified atom stereocenters. The van der Waals surface area contributed by atoms with Gasteiger partial charge in [-0.1, -0.05) is 54.6 Å². The fraction of sp³-hybridized carbons (Fsp3) is 0.160. The number of benzene rings is 3. The van der Waals surface area contributed by atoms with E-state index < -0.39 is 0 Å². The molecule has 0 atom stereocenters. The maximum Gasteiger partial charge on any atom is 0.229 e. The van der Waals surface area contributed by atoms with Crippen molar-refractivity contribution < 1.29 is 9.59 Å². The Labute approximate surface area is 179 Å². The molecule has 4 rings (SSSR count). The quantitative estimate of drug-likeness (QED) is 0.419. The molecular formula is C25H22N2O2S. The number of fused-ring (bicyclic) bond motifs is 1. The molecule has 4 aromatic rings. The van der Waals surface area contributed by atoms with E-state index in [-0.39, 0.29) is 18.1 Å². The van der Waals surface area contributed by atoms with E-state index in [1.165, 1.54) is 23.3 Å². The minimum absolute atomic E-state index is 0.0255. The van der Waals surface area contributed by atoms with Gasteiger partial charge in [-0.25, -0.2) is 4.98 Å². The Balaban J connectivity index is 1.48. The van der Waals surface area contributed by atoms with E-state index in [1.54, 1.807) is 35.6 Å². The van der Waals surface area contributed by atoms with Crippen molar-refractivity contribution in [3.63, 3.8) is 0 Å². The van der Waals surface area contributed by atoms with Crippen LogP contribution in [0, 0.1) is 6.92 Å². The van der Waals surface area contributed by atoms with Crippen LogP contribution in [0.1, 0.15) is 38.4 Å². The molecule has 0 bridgehead atoms. The summed E-state index contributed by atoms with van der Waals surface area (Å²) in [5.74, 6) is -0.137. The summed E-state index contributed by atoms with van der Waals surface area (Å²) in [5.41, 5.74) is 3.34. The van der Waals surface area contributed by atoms with Crippen molar-refractivity contribution in [2.45, 2.75) is 26.7 Å². The van der Waals surface area contributed by atoms with Gasteiger partial charge in [0.2, 0.25) is 5.91 Å². The average Bonchev–Trinajstić information content (AvgIpc) is 3.07. The maximum absolute atomic E-state index is 12.5. The van der Waals surface area contributed by atoms with Crippen LogP contribution in [0.5, 0.6) is 0 Å². The Hall–Kier alpha value is -3.31. The van der Waals surface area contributed by atoms with Gasteiger partial charge in [0.1, 0.15) is 0 Å². The Morgan fingerprint density at radius 2 is 1.77 bits per heavy atom. The summed E-state index contributed by atoms with van der Waals surface area (Å²) >= 11 is 1.58. The number of aromatic nitrogens is 1. The van der Waals surface area contributed by atoms with E-state index in [0.717, 1.165) is 22.0 Å². The Morgan fingerprint density at radius 3 is 2.60 bits per heavy atom. The van der Waals surface area contributed by atoms with E-state index in [2.05, 4.69) is 41.7 Å². The topological polar surface area (TPSA) is 59.1 Å². The van der Waals surface area contributed by atoms with Crippen molar-refractivity contribution in [1.29, 1.82) is 0 Å². The first-order valence-electron chi connectivity index (χ1n) is 9.82. The largest absolute Gasteiger partial charge is 0.326 e. The van der Waals surface area contributed by atoms with Crippen LogP contribution in [0.4, 0.5) is 5.69 Å². The number of hydrogen-bond acceptors (Lipinski definition) is 4. The number of nitrogens with zero attached hydrogens (tertiary/aromatic N) is 1. The van der Waals surface area contributed by atoms with Crippen molar-refractivity contribution in [3.8, 4) is 0 Å². The third-order valence-electron chi connectivity index (χ3n) is 5.03. The molecule has 1 aromatic heterocycles. The minimum Gasteiger partial charge on any atom is -0.326 e. The molecule has 0 aliphatic heterocycles. The Morgan fingerprint density at radius 1 is 1.00 bits per heavy atom. The molecule has 0 saturated heterocycles. The average molecular weight is 415 g/mol. The SMILES string of the molecule is CC(=O)c1cccc(NC(=O)Cc2sc(Cc3cccc4ccccc34)nc2C)c1. The molecule has 150 valence electrons. The lowest BCUT2D eigenvalue weighted by Gasteiger charge is -2.06. The number of carbonyl (C=O) groups excluding carboxylic acids is 2. The van der Waals surface area contributed by atoms with Gasteiger partial charge in [0, 0.05) is 22.5 Å². The van der Waals surface area contributed by atoms with Gasteiger partial charge >= 0.3 is 0 Å². The van der Waals surface area contributed by atoms with Crippen LogP contribution >= 0.6 is 11.3 Å². The van der Waals surface area contributed by atoms with Crippen LogP contribution in [-0.4, -0.2) is 16.7 Å². The highest BCUT2D eigenvalue weighted by molar-refractivity contribution is 7.11. The van der Waals surface area contributed by atoms with E-state index >= 15 is 0 Å². The number of thiazole rings is 1. The predicted molar refractivity (Wildman–Crippen MR) is 122 cm³/mol. The van der Waals surface area contributed by atoms with Crippen LogP contribution < -0.4 is 5.32 Å². The predicted octanol–water partition coefficient (Wildman–Crippen LogP) is 5.58. The summed E-state index contributed by atoms with van der Waals surface area (Å²) in [5, 5.41) is 6.34. The number of aryl methyl sites for hydroxylation is 1. The van der Waals surface area contributed by atoms with Gasteiger partial charge in [-0.3, -0.25) is 9.59 Å². The van der Waals surface area contributed by atoms with Crippen LogP contribution in [0.25, 0.3) is 10.8 Å². The number of rotatable bonds is 6. The number of anilines is 1. The van der Waals surface area contributed by atoms with Crippen molar-refractivity contribution >= 4 is 39.5 Å². The highest BCUT2D eigenvalue weighted by Crippen LogP contribution is 2.26. The molecule has 1 N–H and O–H groups in total. The highest BCUT2D eigenvalue weighted by atomic mass is 32.1. The molecule has 1 heterocycles.